The van der Waals surface area contributed by atoms with Gasteiger partial charge in [0.15, 0.2) is 6.61 Å². The highest BCUT2D eigenvalue weighted by atomic mass is 32.1. The molecule has 10 heteroatoms. The third-order valence-corrected chi connectivity index (χ3v) is 5.74. The van der Waals surface area contributed by atoms with Gasteiger partial charge in [-0.3, -0.25) is 14.9 Å². The van der Waals surface area contributed by atoms with Crippen molar-refractivity contribution in [3.63, 3.8) is 0 Å². The number of anilines is 1. The summed E-state index contributed by atoms with van der Waals surface area (Å²) in [5, 5.41) is 13.8. The Morgan fingerprint density at radius 1 is 1.17 bits per heavy atom. The lowest BCUT2D eigenvalue weighted by atomic mass is 9.95. The smallest absolute Gasteiger partial charge is 0.341 e. The summed E-state index contributed by atoms with van der Waals surface area (Å²) in [6.45, 7) is 1.34. The second-order valence-corrected chi connectivity index (χ2v) is 7.67. The van der Waals surface area contributed by atoms with Crippen molar-refractivity contribution in [2.45, 2.75) is 32.6 Å². The van der Waals surface area contributed by atoms with Gasteiger partial charge in [0, 0.05) is 17.0 Å². The summed E-state index contributed by atoms with van der Waals surface area (Å²) < 4.78 is 10.1. The minimum Gasteiger partial charge on any atom is -0.462 e. The molecular formula is C20H20N2O7S. The van der Waals surface area contributed by atoms with Crippen molar-refractivity contribution in [2.75, 3.05) is 18.5 Å². The second-order valence-electron chi connectivity index (χ2n) is 6.57. The average Bonchev–Trinajstić information content (AvgIpc) is 3.10. The SMILES string of the molecule is CCOC(=O)c1c(NC(=O)COC(=O)c2cccc([N+](=O)[O-])c2)sc2c1CCCC2. The maximum Gasteiger partial charge on any atom is 0.341 e. The number of nitro benzene ring substituents is 1. The standard InChI is InChI=1S/C20H20N2O7S/c1-2-28-20(25)17-14-8-3-4-9-15(14)30-18(17)21-16(23)11-29-19(24)12-6-5-7-13(10-12)22(26)27/h5-7,10H,2-4,8-9,11H2,1H3,(H,21,23). The number of carbonyl (C=O) groups excluding carboxylic acids is 3. The van der Waals surface area contributed by atoms with Gasteiger partial charge in [-0.15, -0.1) is 11.3 Å². The van der Waals surface area contributed by atoms with E-state index in [2.05, 4.69) is 5.32 Å². The summed E-state index contributed by atoms with van der Waals surface area (Å²) in [4.78, 5) is 48.1. The first-order valence-electron chi connectivity index (χ1n) is 9.43. The minimum atomic E-state index is -0.857. The van der Waals surface area contributed by atoms with Crippen LogP contribution in [-0.4, -0.2) is 36.0 Å². The van der Waals surface area contributed by atoms with Gasteiger partial charge in [-0.1, -0.05) is 6.07 Å². The number of rotatable bonds is 7. The van der Waals surface area contributed by atoms with Crippen LogP contribution in [-0.2, 0) is 27.1 Å². The predicted octanol–water partition coefficient (Wildman–Crippen LogP) is 3.51. The molecule has 1 aliphatic rings. The summed E-state index contributed by atoms with van der Waals surface area (Å²) in [6.07, 6.45) is 3.57. The maximum absolute atomic E-state index is 12.4. The molecule has 1 N–H and O–H groups in total. The largest absolute Gasteiger partial charge is 0.462 e. The number of carbonyl (C=O) groups is 3. The van der Waals surface area contributed by atoms with E-state index in [1.54, 1.807) is 6.92 Å². The number of thiophene rings is 1. The monoisotopic (exact) mass is 432 g/mol. The molecule has 9 nitrogen and oxygen atoms in total. The number of aryl methyl sites for hydroxylation is 1. The minimum absolute atomic E-state index is 0.0317. The molecule has 0 saturated carbocycles. The van der Waals surface area contributed by atoms with Gasteiger partial charge in [-0.05, 0) is 44.2 Å². The number of hydrogen-bond donors (Lipinski definition) is 1. The van der Waals surface area contributed by atoms with Crippen molar-refractivity contribution >= 4 is 39.9 Å². The number of ether oxygens (including phenoxy) is 2. The molecule has 0 aliphatic heterocycles. The number of benzene rings is 1. The highest BCUT2D eigenvalue weighted by Gasteiger charge is 2.27. The van der Waals surface area contributed by atoms with Crippen LogP contribution in [0.1, 0.15) is 50.9 Å². The van der Waals surface area contributed by atoms with Gasteiger partial charge >= 0.3 is 11.9 Å². The zero-order valence-electron chi connectivity index (χ0n) is 16.3. The van der Waals surface area contributed by atoms with Gasteiger partial charge < -0.3 is 14.8 Å². The molecule has 0 radical (unpaired) electrons. The van der Waals surface area contributed by atoms with Gasteiger partial charge in [0.2, 0.25) is 0 Å². The normalized spacial score (nSPS) is 12.6. The highest BCUT2D eigenvalue weighted by molar-refractivity contribution is 7.17. The van der Waals surface area contributed by atoms with Crippen LogP contribution in [0.4, 0.5) is 10.7 Å². The number of amides is 1. The fourth-order valence-corrected chi connectivity index (χ4v) is 4.49. The fraction of sp³-hybridized carbons (Fsp3) is 0.350. The molecule has 3 rings (SSSR count). The molecule has 1 amide bonds. The number of fused-ring (bicyclic) bond motifs is 1. The zero-order valence-corrected chi connectivity index (χ0v) is 17.1. The van der Waals surface area contributed by atoms with Crippen LogP contribution in [0.2, 0.25) is 0 Å². The lowest BCUT2D eigenvalue weighted by Crippen LogP contribution is -2.22. The summed E-state index contributed by atoms with van der Waals surface area (Å²) in [7, 11) is 0. The van der Waals surface area contributed by atoms with E-state index in [1.165, 1.54) is 29.5 Å². The van der Waals surface area contributed by atoms with E-state index in [0.717, 1.165) is 42.2 Å². The molecule has 0 unspecified atom stereocenters. The molecule has 1 aromatic carbocycles. The summed E-state index contributed by atoms with van der Waals surface area (Å²) in [5.74, 6) is -1.95. The van der Waals surface area contributed by atoms with Crippen molar-refractivity contribution in [1.82, 2.24) is 0 Å². The molecule has 0 saturated heterocycles. The number of esters is 2. The summed E-state index contributed by atoms with van der Waals surface area (Å²) in [5.41, 5.74) is 0.997. The van der Waals surface area contributed by atoms with Crippen molar-refractivity contribution in [1.29, 1.82) is 0 Å². The van der Waals surface area contributed by atoms with E-state index in [0.29, 0.717) is 10.6 Å². The van der Waals surface area contributed by atoms with E-state index < -0.39 is 29.4 Å². The van der Waals surface area contributed by atoms with Crippen LogP contribution in [0.3, 0.4) is 0 Å². The molecule has 30 heavy (non-hydrogen) atoms. The van der Waals surface area contributed by atoms with Crippen molar-refractivity contribution in [2.24, 2.45) is 0 Å². The van der Waals surface area contributed by atoms with Crippen molar-refractivity contribution in [3.8, 4) is 0 Å². The van der Waals surface area contributed by atoms with Crippen molar-refractivity contribution in [3.05, 3.63) is 55.9 Å². The lowest BCUT2D eigenvalue weighted by Gasteiger charge is -2.12. The number of hydrogen-bond acceptors (Lipinski definition) is 8. The Bertz CT molecular complexity index is 999. The van der Waals surface area contributed by atoms with E-state index in [-0.39, 0.29) is 17.9 Å². The van der Waals surface area contributed by atoms with Crippen molar-refractivity contribution < 1.29 is 28.8 Å². The van der Waals surface area contributed by atoms with Crippen LogP contribution in [0, 0.1) is 10.1 Å². The predicted molar refractivity (Wildman–Crippen MR) is 109 cm³/mol. The summed E-state index contributed by atoms with van der Waals surface area (Å²) >= 11 is 1.33. The highest BCUT2D eigenvalue weighted by Crippen LogP contribution is 2.38. The number of non-ortho nitro benzene ring substituents is 1. The molecule has 0 atom stereocenters. The van der Waals surface area contributed by atoms with Gasteiger partial charge in [-0.2, -0.15) is 0 Å². The fourth-order valence-electron chi connectivity index (χ4n) is 3.20. The van der Waals surface area contributed by atoms with Gasteiger partial charge in [0.1, 0.15) is 5.00 Å². The Morgan fingerprint density at radius 3 is 2.67 bits per heavy atom. The Labute approximate surface area is 176 Å². The molecule has 1 aliphatic carbocycles. The molecule has 1 aromatic heterocycles. The molecule has 158 valence electrons. The zero-order chi connectivity index (χ0) is 21.7. The van der Waals surface area contributed by atoms with Gasteiger partial charge in [0.05, 0.1) is 22.7 Å². The molecule has 0 bridgehead atoms. The third-order valence-electron chi connectivity index (χ3n) is 4.53. The maximum atomic E-state index is 12.4. The molecular weight excluding hydrogens is 412 g/mol. The summed E-state index contributed by atoms with van der Waals surface area (Å²) in [6, 6.07) is 5.04. The van der Waals surface area contributed by atoms with Crippen LogP contribution >= 0.6 is 11.3 Å². The first kappa shape index (κ1) is 21.4. The van der Waals surface area contributed by atoms with Crippen LogP contribution in [0.5, 0.6) is 0 Å². The molecule has 2 aromatic rings. The van der Waals surface area contributed by atoms with E-state index in [9.17, 15) is 24.5 Å². The second kappa shape index (κ2) is 9.49. The topological polar surface area (TPSA) is 125 Å². The van der Waals surface area contributed by atoms with Crippen LogP contribution in [0.25, 0.3) is 0 Å². The van der Waals surface area contributed by atoms with Crippen LogP contribution < -0.4 is 5.32 Å². The Hall–Kier alpha value is -3.27. The number of nitro groups is 1. The Balaban J connectivity index is 1.68. The molecule has 1 heterocycles. The van der Waals surface area contributed by atoms with Crippen LogP contribution in [0.15, 0.2) is 24.3 Å². The van der Waals surface area contributed by atoms with E-state index >= 15 is 0 Å². The Morgan fingerprint density at radius 2 is 1.93 bits per heavy atom. The number of nitrogens with zero attached hydrogens (tertiary/aromatic N) is 1. The average molecular weight is 432 g/mol. The van der Waals surface area contributed by atoms with E-state index in [1.807, 2.05) is 0 Å². The first-order valence-corrected chi connectivity index (χ1v) is 10.3. The van der Waals surface area contributed by atoms with Gasteiger partial charge in [0.25, 0.3) is 11.6 Å². The quantitative estimate of drug-likeness (QED) is 0.403. The van der Waals surface area contributed by atoms with Gasteiger partial charge in [-0.25, -0.2) is 9.59 Å². The lowest BCUT2D eigenvalue weighted by molar-refractivity contribution is -0.384. The van der Waals surface area contributed by atoms with E-state index in [4.69, 9.17) is 9.47 Å². The first-order chi connectivity index (χ1) is 14.4. The number of nitrogens with one attached hydrogen (secondary N) is 1. The third kappa shape index (κ3) is 4.82. The Kier molecular flexibility index (Phi) is 6.78. The molecule has 0 fully saturated rings. The molecule has 0 spiro atoms.